The van der Waals surface area contributed by atoms with Crippen molar-refractivity contribution in [3.63, 3.8) is 0 Å². The highest BCUT2D eigenvalue weighted by Gasteiger charge is 2.19. The molecule has 1 aliphatic carbocycles. The lowest BCUT2D eigenvalue weighted by Crippen LogP contribution is -2.15. The Hall–Kier alpha value is -1.16. The van der Waals surface area contributed by atoms with Gasteiger partial charge in [-0.15, -0.1) is 0 Å². The van der Waals surface area contributed by atoms with Crippen LogP contribution in [0.5, 0.6) is 0 Å². The molecule has 0 unspecified atom stereocenters. The third-order valence-electron chi connectivity index (χ3n) is 3.28. The Morgan fingerprint density at radius 2 is 1.80 bits per heavy atom. The zero-order chi connectivity index (χ0) is 13.9. The van der Waals surface area contributed by atoms with E-state index in [-0.39, 0.29) is 0 Å². The molecule has 0 spiro atoms. The standard InChI is InChI=1S/C15H15Cl2N3/c16-13-4-1-10(5-14(13)17)6-15-19-8-11(9-20-15)7-18-12-2-3-12/h1,4-5,8-9,12,18H,2-3,6-7H2. The van der Waals surface area contributed by atoms with Crippen LogP contribution in [0.2, 0.25) is 10.0 Å². The first kappa shape index (κ1) is 13.8. The first-order chi connectivity index (χ1) is 9.70. The van der Waals surface area contributed by atoms with Gasteiger partial charge in [0, 0.05) is 37.0 Å². The minimum atomic E-state index is 0.564. The number of halogens is 2. The van der Waals surface area contributed by atoms with Gasteiger partial charge in [-0.1, -0.05) is 29.3 Å². The molecule has 5 heteroatoms. The van der Waals surface area contributed by atoms with Crippen molar-refractivity contribution in [1.29, 1.82) is 0 Å². The largest absolute Gasteiger partial charge is 0.310 e. The van der Waals surface area contributed by atoms with Gasteiger partial charge in [0.05, 0.1) is 10.0 Å². The maximum atomic E-state index is 6.00. The van der Waals surface area contributed by atoms with E-state index in [1.807, 2.05) is 24.5 Å². The fourth-order valence-electron chi connectivity index (χ4n) is 1.95. The monoisotopic (exact) mass is 307 g/mol. The molecule has 1 aromatic carbocycles. The summed E-state index contributed by atoms with van der Waals surface area (Å²) in [5, 5.41) is 4.58. The second-order valence-electron chi connectivity index (χ2n) is 5.09. The summed E-state index contributed by atoms with van der Waals surface area (Å²) in [6, 6.07) is 6.30. The quantitative estimate of drug-likeness (QED) is 0.916. The van der Waals surface area contributed by atoms with E-state index in [1.54, 1.807) is 6.07 Å². The second-order valence-corrected chi connectivity index (χ2v) is 5.90. The van der Waals surface area contributed by atoms with Crippen molar-refractivity contribution in [2.45, 2.75) is 31.8 Å². The van der Waals surface area contributed by atoms with Crippen LogP contribution in [0.4, 0.5) is 0 Å². The van der Waals surface area contributed by atoms with Crippen molar-refractivity contribution in [3.8, 4) is 0 Å². The number of nitrogens with zero attached hydrogens (tertiary/aromatic N) is 2. The molecule has 0 aliphatic heterocycles. The fourth-order valence-corrected chi connectivity index (χ4v) is 2.27. The van der Waals surface area contributed by atoms with Crippen LogP contribution < -0.4 is 5.32 Å². The van der Waals surface area contributed by atoms with Crippen molar-refractivity contribution < 1.29 is 0 Å². The van der Waals surface area contributed by atoms with Crippen LogP contribution in [0.25, 0.3) is 0 Å². The Kier molecular flexibility index (Phi) is 4.20. The molecule has 1 N–H and O–H groups in total. The third-order valence-corrected chi connectivity index (χ3v) is 4.02. The molecule has 0 radical (unpaired) electrons. The molecule has 3 rings (SSSR count). The van der Waals surface area contributed by atoms with E-state index in [4.69, 9.17) is 23.2 Å². The summed E-state index contributed by atoms with van der Waals surface area (Å²) < 4.78 is 0. The summed E-state index contributed by atoms with van der Waals surface area (Å²) in [6.07, 6.45) is 7.00. The van der Waals surface area contributed by atoms with Gasteiger partial charge in [0.1, 0.15) is 5.82 Å². The molecular weight excluding hydrogens is 293 g/mol. The smallest absolute Gasteiger partial charge is 0.132 e. The van der Waals surface area contributed by atoms with Gasteiger partial charge in [0.2, 0.25) is 0 Å². The number of hydrogen-bond acceptors (Lipinski definition) is 3. The van der Waals surface area contributed by atoms with E-state index in [9.17, 15) is 0 Å². The SMILES string of the molecule is Clc1ccc(Cc2ncc(CNC3CC3)cn2)cc1Cl. The van der Waals surface area contributed by atoms with Gasteiger partial charge in [0.15, 0.2) is 0 Å². The lowest BCUT2D eigenvalue weighted by atomic mass is 10.1. The molecule has 1 aromatic heterocycles. The molecule has 1 heterocycles. The number of rotatable bonds is 5. The molecule has 3 nitrogen and oxygen atoms in total. The van der Waals surface area contributed by atoms with Crippen molar-refractivity contribution >= 4 is 23.2 Å². The first-order valence-corrected chi connectivity index (χ1v) is 7.43. The van der Waals surface area contributed by atoms with Crippen molar-refractivity contribution in [3.05, 3.63) is 57.6 Å². The topological polar surface area (TPSA) is 37.8 Å². The summed E-state index contributed by atoms with van der Waals surface area (Å²) in [5.41, 5.74) is 2.18. The van der Waals surface area contributed by atoms with Crippen molar-refractivity contribution in [2.24, 2.45) is 0 Å². The molecule has 0 saturated heterocycles. The van der Waals surface area contributed by atoms with E-state index in [2.05, 4.69) is 15.3 Å². The Morgan fingerprint density at radius 3 is 2.45 bits per heavy atom. The summed E-state index contributed by atoms with van der Waals surface area (Å²) >= 11 is 11.9. The van der Waals surface area contributed by atoms with Crippen LogP contribution in [0, 0.1) is 0 Å². The molecule has 104 valence electrons. The van der Waals surface area contributed by atoms with Gasteiger partial charge in [-0.05, 0) is 30.5 Å². The molecule has 0 bridgehead atoms. The minimum Gasteiger partial charge on any atom is -0.310 e. The van der Waals surface area contributed by atoms with Crippen LogP contribution >= 0.6 is 23.2 Å². The van der Waals surface area contributed by atoms with Gasteiger partial charge >= 0.3 is 0 Å². The second kappa shape index (κ2) is 6.08. The minimum absolute atomic E-state index is 0.564. The van der Waals surface area contributed by atoms with Crippen LogP contribution in [0.1, 0.15) is 29.8 Å². The van der Waals surface area contributed by atoms with E-state index < -0.39 is 0 Å². The lowest BCUT2D eigenvalue weighted by Gasteiger charge is -2.05. The predicted octanol–water partition coefficient (Wildman–Crippen LogP) is 3.63. The highest BCUT2D eigenvalue weighted by atomic mass is 35.5. The normalized spacial score (nSPS) is 14.5. The summed E-state index contributed by atoms with van der Waals surface area (Å²) in [6.45, 7) is 0.845. The van der Waals surface area contributed by atoms with Crippen molar-refractivity contribution in [2.75, 3.05) is 0 Å². The first-order valence-electron chi connectivity index (χ1n) is 6.68. The average molecular weight is 308 g/mol. The van der Waals surface area contributed by atoms with Gasteiger partial charge < -0.3 is 5.32 Å². The maximum absolute atomic E-state index is 6.00. The zero-order valence-electron chi connectivity index (χ0n) is 10.9. The fraction of sp³-hybridized carbons (Fsp3) is 0.333. The van der Waals surface area contributed by atoms with Gasteiger partial charge in [-0.3, -0.25) is 0 Å². The predicted molar refractivity (Wildman–Crippen MR) is 81.2 cm³/mol. The number of aromatic nitrogens is 2. The van der Waals surface area contributed by atoms with E-state index >= 15 is 0 Å². The molecule has 1 aliphatic rings. The van der Waals surface area contributed by atoms with Crippen molar-refractivity contribution in [1.82, 2.24) is 15.3 Å². The van der Waals surface area contributed by atoms with Gasteiger partial charge in [-0.25, -0.2) is 9.97 Å². The highest BCUT2D eigenvalue weighted by molar-refractivity contribution is 6.42. The molecule has 20 heavy (non-hydrogen) atoms. The number of benzene rings is 1. The van der Waals surface area contributed by atoms with Gasteiger partial charge in [-0.2, -0.15) is 0 Å². The van der Waals surface area contributed by atoms with Gasteiger partial charge in [0.25, 0.3) is 0 Å². The molecule has 1 fully saturated rings. The Morgan fingerprint density at radius 1 is 1.05 bits per heavy atom. The summed E-state index contributed by atoms with van der Waals surface area (Å²) in [7, 11) is 0. The molecule has 2 aromatic rings. The Labute approximate surface area is 128 Å². The summed E-state index contributed by atoms with van der Waals surface area (Å²) in [5.74, 6) is 0.790. The average Bonchev–Trinajstić information content (AvgIpc) is 3.26. The summed E-state index contributed by atoms with van der Waals surface area (Å²) in [4.78, 5) is 8.79. The molecule has 0 atom stereocenters. The van der Waals surface area contributed by atoms with E-state index in [0.29, 0.717) is 22.5 Å². The number of nitrogens with one attached hydrogen (secondary N) is 1. The lowest BCUT2D eigenvalue weighted by molar-refractivity contribution is 0.681. The zero-order valence-corrected chi connectivity index (χ0v) is 12.5. The Balaban J connectivity index is 1.62. The van der Waals surface area contributed by atoms with E-state index in [1.165, 1.54) is 12.8 Å². The third kappa shape index (κ3) is 3.69. The molecular formula is C15H15Cl2N3. The van der Waals surface area contributed by atoms with E-state index in [0.717, 1.165) is 23.5 Å². The van der Waals surface area contributed by atoms with Crippen LogP contribution in [-0.2, 0) is 13.0 Å². The number of hydrogen-bond donors (Lipinski definition) is 1. The molecule has 1 saturated carbocycles. The molecule has 0 amide bonds. The van der Waals surface area contributed by atoms with Crippen LogP contribution in [-0.4, -0.2) is 16.0 Å². The van der Waals surface area contributed by atoms with Crippen LogP contribution in [0.3, 0.4) is 0 Å². The van der Waals surface area contributed by atoms with Crippen LogP contribution in [0.15, 0.2) is 30.6 Å². The highest BCUT2D eigenvalue weighted by Crippen LogP contribution is 2.23. The Bertz CT molecular complexity index is 595. The maximum Gasteiger partial charge on any atom is 0.132 e.